The number of hydrogen-bond acceptors (Lipinski definition) is 6. The normalized spacial score (nSPS) is 12.0. The molecule has 7 nitrogen and oxygen atoms in total. The lowest BCUT2D eigenvalue weighted by atomic mass is 9.98. The Morgan fingerprint density at radius 1 is 1.44 bits per heavy atom. The zero-order chi connectivity index (χ0) is 13.2. The molecule has 0 aromatic carbocycles. The predicted octanol–water partition coefficient (Wildman–Crippen LogP) is 0.323. The standard InChI is InChI=1S/C10H14ClN5O2/c1-2-10(4-17,5-18)15-8-3-7(11)14-9-12-6-13-16(8)9/h3,6,15,17-18H,2,4-5H2,1H3. The first-order valence-electron chi connectivity index (χ1n) is 5.50. The first kappa shape index (κ1) is 13.0. The number of rotatable bonds is 5. The summed E-state index contributed by atoms with van der Waals surface area (Å²) in [5.41, 5.74) is -0.830. The highest BCUT2D eigenvalue weighted by Gasteiger charge is 2.27. The van der Waals surface area contributed by atoms with Gasteiger partial charge in [0, 0.05) is 6.07 Å². The number of anilines is 1. The van der Waals surface area contributed by atoms with E-state index in [-0.39, 0.29) is 18.4 Å². The average molecular weight is 272 g/mol. The third kappa shape index (κ3) is 2.24. The van der Waals surface area contributed by atoms with Gasteiger partial charge in [0.15, 0.2) is 0 Å². The molecule has 2 aromatic rings. The molecule has 0 unspecified atom stereocenters. The fourth-order valence-electron chi connectivity index (χ4n) is 1.59. The smallest absolute Gasteiger partial charge is 0.255 e. The molecule has 2 heterocycles. The van der Waals surface area contributed by atoms with Crippen molar-refractivity contribution in [3.05, 3.63) is 17.5 Å². The van der Waals surface area contributed by atoms with Gasteiger partial charge in [-0.1, -0.05) is 18.5 Å². The van der Waals surface area contributed by atoms with Crippen molar-refractivity contribution in [3.63, 3.8) is 0 Å². The minimum Gasteiger partial charge on any atom is -0.394 e. The zero-order valence-corrected chi connectivity index (χ0v) is 10.6. The Hall–Kier alpha value is -1.44. The largest absolute Gasteiger partial charge is 0.394 e. The van der Waals surface area contributed by atoms with Crippen molar-refractivity contribution in [1.82, 2.24) is 19.6 Å². The van der Waals surface area contributed by atoms with Crippen LogP contribution in [0, 0.1) is 0 Å². The second kappa shape index (κ2) is 5.05. The molecule has 0 saturated carbocycles. The van der Waals surface area contributed by atoms with Gasteiger partial charge in [-0.2, -0.15) is 19.6 Å². The van der Waals surface area contributed by atoms with E-state index in [0.29, 0.717) is 18.0 Å². The van der Waals surface area contributed by atoms with Crippen molar-refractivity contribution in [2.75, 3.05) is 18.5 Å². The molecule has 0 bridgehead atoms. The number of aromatic nitrogens is 4. The van der Waals surface area contributed by atoms with Gasteiger partial charge in [-0.3, -0.25) is 0 Å². The van der Waals surface area contributed by atoms with E-state index >= 15 is 0 Å². The van der Waals surface area contributed by atoms with Gasteiger partial charge in [-0.05, 0) is 6.42 Å². The van der Waals surface area contributed by atoms with Gasteiger partial charge in [0.2, 0.25) is 0 Å². The summed E-state index contributed by atoms with van der Waals surface area (Å²) in [6.07, 6.45) is 1.89. The highest BCUT2D eigenvalue weighted by molar-refractivity contribution is 6.29. The van der Waals surface area contributed by atoms with Crippen LogP contribution in [0.5, 0.6) is 0 Å². The lowest BCUT2D eigenvalue weighted by molar-refractivity contribution is 0.132. The molecule has 8 heteroatoms. The molecular weight excluding hydrogens is 258 g/mol. The SMILES string of the molecule is CCC(CO)(CO)Nc1cc(Cl)nc2ncnn12. The van der Waals surface area contributed by atoms with E-state index in [0.717, 1.165) is 0 Å². The lowest BCUT2D eigenvalue weighted by Crippen LogP contribution is -2.45. The molecule has 0 atom stereocenters. The molecule has 98 valence electrons. The van der Waals surface area contributed by atoms with Crippen LogP contribution in [0.2, 0.25) is 5.15 Å². The molecule has 2 aromatic heterocycles. The van der Waals surface area contributed by atoms with E-state index in [1.807, 2.05) is 6.92 Å². The van der Waals surface area contributed by atoms with Gasteiger partial charge >= 0.3 is 0 Å². The van der Waals surface area contributed by atoms with Gasteiger partial charge in [0.05, 0.1) is 18.8 Å². The van der Waals surface area contributed by atoms with E-state index < -0.39 is 5.54 Å². The fourth-order valence-corrected chi connectivity index (χ4v) is 1.76. The Bertz CT molecular complexity index is 532. The number of fused-ring (bicyclic) bond motifs is 1. The monoisotopic (exact) mass is 271 g/mol. The predicted molar refractivity (Wildman–Crippen MR) is 66.6 cm³/mol. The van der Waals surface area contributed by atoms with Crippen molar-refractivity contribution in [2.45, 2.75) is 18.9 Å². The van der Waals surface area contributed by atoms with Crippen LogP contribution >= 0.6 is 11.6 Å². The summed E-state index contributed by atoms with van der Waals surface area (Å²) in [5, 5.41) is 26.1. The Morgan fingerprint density at radius 3 is 2.78 bits per heavy atom. The van der Waals surface area contributed by atoms with Crippen molar-refractivity contribution in [2.24, 2.45) is 0 Å². The fraction of sp³-hybridized carbons (Fsp3) is 0.500. The summed E-state index contributed by atoms with van der Waals surface area (Å²) in [4.78, 5) is 7.93. The molecule has 2 rings (SSSR count). The maximum atomic E-state index is 9.41. The van der Waals surface area contributed by atoms with Crippen LogP contribution in [0.4, 0.5) is 5.82 Å². The molecule has 3 N–H and O–H groups in total. The summed E-state index contributed by atoms with van der Waals surface area (Å²) < 4.78 is 1.46. The molecule has 0 amide bonds. The topological polar surface area (TPSA) is 95.6 Å². The molecule has 0 spiro atoms. The quantitative estimate of drug-likeness (QED) is 0.678. The van der Waals surface area contributed by atoms with Crippen LogP contribution in [0.1, 0.15) is 13.3 Å². The Balaban J connectivity index is 2.44. The van der Waals surface area contributed by atoms with Gasteiger partial charge in [-0.25, -0.2) is 0 Å². The Kier molecular flexibility index (Phi) is 3.65. The van der Waals surface area contributed by atoms with Crippen LogP contribution in [-0.4, -0.2) is 48.5 Å². The summed E-state index contributed by atoms with van der Waals surface area (Å²) >= 11 is 5.88. The lowest BCUT2D eigenvalue weighted by Gasteiger charge is -2.30. The average Bonchev–Trinajstić information content (AvgIpc) is 2.84. The van der Waals surface area contributed by atoms with Crippen LogP contribution in [0.3, 0.4) is 0 Å². The minimum atomic E-state index is -0.830. The van der Waals surface area contributed by atoms with Gasteiger partial charge in [0.1, 0.15) is 17.3 Å². The second-order valence-electron chi connectivity index (χ2n) is 4.01. The zero-order valence-electron chi connectivity index (χ0n) is 9.84. The number of halogens is 1. The summed E-state index contributed by atoms with van der Waals surface area (Å²) in [5.74, 6) is 0.873. The van der Waals surface area contributed by atoms with Crippen LogP contribution in [0.25, 0.3) is 5.78 Å². The van der Waals surface area contributed by atoms with Gasteiger partial charge < -0.3 is 15.5 Å². The summed E-state index contributed by atoms with van der Waals surface area (Å²) in [6, 6.07) is 1.57. The van der Waals surface area contributed by atoms with Crippen molar-refractivity contribution < 1.29 is 10.2 Å². The summed E-state index contributed by atoms with van der Waals surface area (Å²) in [7, 11) is 0. The molecule has 0 aliphatic rings. The third-order valence-corrected chi connectivity index (χ3v) is 3.09. The van der Waals surface area contributed by atoms with Crippen molar-refractivity contribution in [3.8, 4) is 0 Å². The summed E-state index contributed by atoms with van der Waals surface area (Å²) in [6.45, 7) is 1.44. The highest BCUT2D eigenvalue weighted by Crippen LogP contribution is 2.20. The first-order valence-corrected chi connectivity index (χ1v) is 5.88. The van der Waals surface area contributed by atoms with Crippen molar-refractivity contribution in [1.29, 1.82) is 0 Å². The van der Waals surface area contributed by atoms with Crippen LogP contribution < -0.4 is 5.32 Å². The number of nitrogens with zero attached hydrogens (tertiary/aromatic N) is 4. The van der Waals surface area contributed by atoms with Crippen LogP contribution in [0.15, 0.2) is 12.4 Å². The maximum absolute atomic E-state index is 9.41. The maximum Gasteiger partial charge on any atom is 0.255 e. The van der Waals surface area contributed by atoms with E-state index in [4.69, 9.17) is 11.6 Å². The molecule has 0 radical (unpaired) electrons. The van der Waals surface area contributed by atoms with E-state index in [2.05, 4.69) is 20.4 Å². The van der Waals surface area contributed by atoms with Gasteiger partial charge in [-0.15, -0.1) is 0 Å². The number of hydrogen-bond donors (Lipinski definition) is 3. The van der Waals surface area contributed by atoms with E-state index in [1.165, 1.54) is 10.8 Å². The van der Waals surface area contributed by atoms with Crippen LogP contribution in [-0.2, 0) is 0 Å². The first-order chi connectivity index (χ1) is 8.64. The number of aliphatic hydroxyl groups is 2. The third-order valence-electron chi connectivity index (χ3n) is 2.90. The number of aliphatic hydroxyl groups excluding tert-OH is 2. The highest BCUT2D eigenvalue weighted by atomic mass is 35.5. The van der Waals surface area contributed by atoms with E-state index in [9.17, 15) is 10.2 Å². The molecule has 0 saturated heterocycles. The van der Waals surface area contributed by atoms with E-state index in [1.54, 1.807) is 6.07 Å². The minimum absolute atomic E-state index is 0.212. The Morgan fingerprint density at radius 2 is 2.17 bits per heavy atom. The molecule has 0 aliphatic carbocycles. The molecule has 0 fully saturated rings. The van der Waals surface area contributed by atoms with Crippen molar-refractivity contribution >= 4 is 23.2 Å². The number of nitrogens with one attached hydrogen (secondary N) is 1. The molecule has 18 heavy (non-hydrogen) atoms. The second-order valence-corrected chi connectivity index (χ2v) is 4.40. The molecule has 0 aliphatic heterocycles. The Labute approximate surface area is 108 Å². The van der Waals surface area contributed by atoms with Gasteiger partial charge in [0.25, 0.3) is 5.78 Å². The molecular formula is C10H14ClN5O2.